The number of benzene rings is 1. The van der Waals surface area contributed by atoms with E-state index in [4.69, 9.17) is 26.1 Å². The van der Waals surface area contributed by atoms with Crippen molar-refractivity contribution in [2.45, 2.75) is 57.9 Å². The van der Waals surface area contributed by atoms with Crippen molar-refractivity contribution in [1.82, 2.24) is 24.6 Å². The molecule has 4 heterocycles. The minimum absolute atomic E-state index is 0.0770. The fourth-order valence-electron chi connectivity index (χ4n) is 4.78. The Morgan fingerprint density at radius 3 is 2.72 bits per heavy atom. The number of nitrogens with zero attached hydrogens (tertiary/aromatic N) is 5. The number of halogens is 2. The highest BCUT2D eigenvalue weighted by Crippen LogP contribution is 2.29. The average Bonchev–Trinajstić information content (AvgIpc) is 3.26. The lowest BCUT2D eigenvalue weighted by atomic mass is 9.93. The van der Waals surface area contributed by atoms with Crippen LogP contribution in [0.3, 0.4) is 0 Å². The summed E-state index contributed by atoms with van der Waals surface area (Å²) in [6.45, 7) is 5.32. The van der Waals surface area contributed by atoms with Gasteiger partial charge in [0.15, 0.2) is 5.82 Å². The zero-order chi connectivity index (χ0) is 27.4. The lowest BCUT2D eigenvalue weighted by Gasteiger charge is -2.32. The van der Waals surface area contributed by atoms with E-state index < -0.39 is 11.8 Å². The van der Waals surface area contributed by atoms with Gasteiger partial charge in [-0.2, -0.15) is 0 Å². The Labute approximate surface area is 231 Å². The van der Waals surface area contributed by atoms with Gasteiger partial charge in [0.25, 0.3) is 0 Å². The number of carboxylic acids is 1. The molecule has 206 valence electrons. The fourth-order valence-corrected chi connectivity index (χ4v) is 4.93. The van der Waals surface area contributed by atoms with Gasteiger partial charge in [-0.25, -0.2) is 14.2 Å². The Balaban J connectivity index is 1.19. The van der Waals surface area contributed by atoms with Crippen LogP contribution in [0.25, 0.3) is 6.08 Å². The van der Waals surface area contributed by atoms with Gasteiger partial charge in [0.05, 0.1) is 19.2 Å². The normalized spacial score (nSPS) is 18.6. The van der Waals surface area contributed by atoms with E-state index in [9.17, 15) is 14.3 Å². The number of rotatable bonds is 10. The Morgan fingerprint density at radius 1 is 1.23 bits per heavy atom. The van der Waals surface area contributed by atoms with Crippen LogP contribution >= 0.6 is 11.6 Å². The van der Waals surface area contributed by atoms with Gasteiger partial charge in [-0.1, -0.05) is 23.7 Å². The molecular formula is C28H31ClFN5O4. The smallest absolute Gasteiger partial charge is 0.331 e. The highest BCUT2D eigenvalue weighted by atomic mass is 35.5. The Hall–Kier alpha value is -3.34. The zero-order valence-electron chi connectivity index (χ0n) is 21.7. The van der Waals surface area contributed by atoms with Crippen LogP contribution < -0.4 is 4.74 Å². The number of hydrogen-bond donors (Lipinski definition) is 1. The van der Waals surface area contributed by atoms with Gasteiger partial charge in [-0.3, -0.25) is 4.90 Å². The third-order valence-corrected chi connectivity index (χ3v) is 7.46. The standard InChI is InChI=1S/C28H31ClFN5O4/c1-18(28(36)37)13-25-32-33-26(35(25)15-22-9-12-38-22)16-34-10-7-19(8-11-34)24-3-2-4-27(31-24)39-17-20-5-6-21(29)14-23(20)30/h2-6,13-14,19,22H,7-12,15-17H2,1H3,(H,36,37). The van der Waals surface area contributed by atoms with Crippen molar-refractivity contribution in [2.75, 3.05) is 19.7 Å². The molecule has 11 heteroatoms. The maximum absolute atomic E-state index is 14.1. The molecule has 9 nitrogen and oxygen atoms in total. The summed E-state index contributed by atoms with van der Waals surface area (Å²) >= 11 is 5.83. The second-order valence-electron chi connectivity index (χ2n) is 9.97. The largest absolute Gasteiger partial charge is 0.478 e. The molecule has 2 aliphatic rings. The molecule has 0 amide bonds. The minimum atomic E-state index is -0.978. The summed E-state index contributed by atoms with van der Waals surface area (Å²) in [6, 6.07) is 10.2. The van der Waals surface area contributed by atoms with Gasteiger partial charge in [-0.15, -0.1) is 10.2 Å². The SMILES string of the molecule is CC(=Cc1nnc(CN2CCC(c3cccc(OCc4ccc(Cl)cc4F)n3)CC2)n1CC1CCO1)C(=O)O. The third-order valence-electron chi connectivity index (χ3n) is 7.23. The molecule has 1 unspecified atom stereocenters. The van der Waals surface area contributed by atoms with Gasteiger partial charge in [-0.05, 0) is 63.6 Å². The quantitative estimate of drug-likeness (QED) is 0.359. The summed E-state index contributed by atoms with van der Waals surface area (Å²) in [7, 11) is 0. The number of likely N-dealkylation sites (tertiary alicyclic amines) is 1. The second-order valence-corrected chi connectivity index (χ2v) is 10.4. The minimum Gasteiger partial charge on any atom is -0.478 e. The summed E-state index contributed by atoms with van der Waals surface area (Å²) in [6.07, 6.45) is 4.47. The summed E-state index contributed by atoms with van der Waals surface area (Å²) in [4.78, 5) is 18.4. The molecule has 0 aliphatic carbocycles. The summed E-state index contributed by atoms with van der Waals surface area (Å²) < 4.78 is 27.4. The summed E-state index contributed by atoms with van der Waals surface area (Å²) in [5.74, 6) is 0.713. The van der Waals surface area contributed by atoms with Crippen molar-refractivity contribution < 1.29 is 23.8 Å². The van der Waals surface area contributed by atoms with E-state index in [1.54, 1.807) is 31.2 Å². The van der Waals surface area contributed by atoms with Crippen LogP contribution in [0.2, 0.25) is 5.02 Å². The van der Waals surface area contributed by atoms with Crippen LogP contribution in [0.4, 0.5) is 4.39 Å². The van der Waals surface area contributed by atoms with Crippen molar-refractivity contribution in [1.29, 1.82) is 0 Å². The molecule has 2 aliphatic heterocycles. The first-order valence-electron chi connectivity index (χ1n) is 13.1. The van der Waals surface area contributed by atoms with Crippen molar-refractivity contribution in [2.24, 2.45) is 0 Å². The highest BCUT2D eigenvalue weighted by molar-refractivity contribution is 6.30. The summed E-state index contributed by atoms with van der Waals surface area (Å²) in [5, 5.41) is 18.3. The number of aliphatic carboxylic acids is 1. The maximum atomic E-state index is 14.1. The molecule has 2 saturated heterocycles. The van der Waals surface area contributed by atoms with Crippen molar-refractivity contribution in [3.05, 3.63) is 75.7 Å². The molecule has 1 atom stereocenters. The zero-order valence-corrected chi connectivity index (χ0v) is 22.5. The van der Waals surface area contributed by atoms with Gasteiger partial charge in [0.2, 0.25) is 5.88 Å². The predicted octanol–water partition coefficient (Wildman–Crippen LogP) is 4.70. The molecule has 3 aromatic rings. The van der Waals surface area contributed by atoms with Crippen LogP contribution in [-0.2, 0) is 29.2 Å². The lowest BCUT2D eigenvalue weighted by Crippen LogP contribution is -2.35. The predicted molar refractivity (Wildman–Crippen MR) is 143 cm³/mol. The lowest BCUT2D eigenvalue weighted by molar-refractivity contribution is -0.132. The first-order valence-corrected chi connectivity index (χ1v) is 13.4. The second kappa shape index (κ2) is 12.2. The van der Waals surface area contributed by atoms with E-state index in [0.717, 1.165) is 50.5 Å². The molecular weight excluding hydrogens is 525 g/mol. The van der Waals surface area contributed by atoms with Crippen molar-refractivity contribution in [3.8, 4) is 5.88 Å². The van der Waals surface area contributed by atoms with Gasteiger partial charge >= 0.3 is 5.97 Å². The van der Waals surface area contributed by atoms with E-state index in [-0.39, 0.29) is 24.2 Å². The van der Waals surface area contributed by atoms with Crippen molar-refractivity contribution >= 4 is 23.6 Å². The average molecular weight is 556 g/mol. The Bertz CT molecular complexity index is 1350. The van der Waals surface area contributed by atoms with E-state index in [0.29, 0.717) is 35.4 Å². The fraction of sp³-hybridized carbons (Fsp3) is 0.429. The van der Waals surface area contributed by atoms with Gasteiger partial charge in [0, 0.05) is 40.4 Å². The molecule has 2 fully saturated rings. The number of carbonyl (C=O) groups is 1. The van der Waals surface area contributed by atoms with Gasteiger partial charge < -0.3 is 19.1 Å². The number of hydrogen-bond acceptors (Lipinski definition) is 7. The topological polar surface area (TPSA) is 103 Å². The van der Waals surface area contributed by atoms with Gasteiger partial charge in [0.1, 0.15) is 18.2 Å². The molecule has 2 aromatic heterocycles. The van der Waals surface area contributed by atoms with Crippen molar-refractivity contribution in [3.63, 3.8) is 0 Å². The third kappa shape index (κ3) is 6.81. The van der Waals surface area contributed by atoms with E-state index >= 15 is 0 Å². The molecule has 0 saturated carbocycles. The Morgan fingerprint density at radius 2 is 2.03 bits per heavy atom. The summed E-state index contributed by atoms with van der Waals surface area (Å²) in [5.41, 5.74) is 1.60. The van der Waals surface area contributed by atoms with Crippen LogP contribution in [0, 0.1) is 5.82 Å². The van der Waals surface area contributed by atoms with E-state index in [1.807, 2.05) is 16.7 Å². The molecule has 0 bridgehead atoms. The molecule has 39 heavy (non-hydrogen) atoms. The molecule has 1 N–H and O–H groups in total. The first-order chi connectivity index (χ1) is 18.9. The number of ether oxygens (including phenoxy) is 2. The monoisotopic (exact) mass is 555 g/mol. The number of piperidine rings is 1. The van der Waals surface area contributed by atoms with Crippen LogP contribution in [0.15, 0.2) is 42.0 Å². The Kier molecular flexibility index (Phi) is 8.54. The van der Waals surface area contributed by atoms with E-state index in [2.05, 4.69) is 15.1 Å². The highest BCUT2D eigenvalue weighted by Gasteiger charge is 2.26. The maximum Gasteiger partial charge on any atom is 0.331 e. The molecule has 5 rings (SSSR count). The number of pyridine rings is 1. The molecule has 1 aromatic carbocycles. The molecule has 0 spiro atoms. The van der Waals surface area contributed by atoms with Crippen LogP contribution in [0.1, 0.15) is 55.0 Å². The number of aromatic nitrogens is 4. The first kappa shape index (κ1) is 27.2. The molecule has 0 radical (unpaired) electrons. The number of carboxylic acid groups (broad SMARTS) is 1. The van der Waals surface area contributed by atoms with Crippen LogP contribution in [-0.4, -0.2) is 61.5 Å². The van der Waals surface area contributed by atoms with E-state index in [1.165, 1.54) is 6.07 Å². The van der Waals surface area contributed by atoms with Crippen LogP contribution in [0.5, 0.6) is 5.88 Å².